The monoisotopic (exact) mass is 349 g/mol. The summed E-state index contributed by atoms with van der Waals surface area (Å²) in [4.78, 5) is 16.2. The van der Waals surface area contributed by atoms with Crippen molar-refractivity contribution in [1.82, 2.24) is 4.98 Å². The van der Waals surface area contributed by atoms with E-state index in [1.165, 1.54) is 0 Å². The maximum Gasteiger partial charge on any atom is 0.324 e. The number of hydrogen-bond donors (Lipinski definition) is 0. The van der Waals surface area contributed by atoms with Crippen molar-refractivity contribution in [3.8, 4) is 0 Å². The van der Waals surface area contributed by atoms with Crippen LogP contribution in [-0.4, -0.2) is 16.6 Å². The van der Waals surface area contributed by atoms with E-state index in [2.05, 4.69) is 27.8 Å². The molecule has 1 aromatic carbocycles. The molecule has 21 heavy (non-hydrogen) atoms. The molecule has 0 aliphatic carbocycles. The van der Waals surface area contributed by atoms with E-state index in [9.17, 15) is 4.79 Å². The molecule has 0 spiro atoms. The molecule has 0 aliphatic heterocycles. The summed E-state index contributed by atoms with van der Waals surface area (Å²) < 4.78 is 5.46. The first kappa shape index (κ1) is 16.0. The largest absolute Gasteiger partial charge is 0.459 e. The molecular weight excluding hydrogens is 330 g/mol. The van der Waals surface area contributed by atoms with Crippen LogP contribution >= 0.6 is 15.9 Å². The number of pyridine rings is 1. The third-order valence-corrected chi connectivity index (χ3v) is 4.01. The van der Waals surface area contributed by atoms with Gasteiger partial charge in [0, 0.05) is 17.3 Å². The zero-order valence-corrected chi connectivity index (χ0v) is 14.4. The van der Waals surface area contributed by atoms with Gasteiger partial charge in [0.2, 0.25) is 0 Å². The molecular formula is C17H20BrNO2. The molecule has 0 saturated heterocycles. The van der Waals surface area contributed by atoms with Gasteiger partial charge in [0.05, 0.1) is 0 Å². The summed E-state index contributed by atoms with van der Waals surface area (Å²) in [5.74, 6) is -0.273. The number of alkyl halides is 1. The summed E-state index contributed by atoms with van der Waals surface area (Å²) in [5, 5.41) is 2.13. The van der Waals surface area contributed by atoms with Crippen LogP contribution in [0.25, 0.3) is 10.8 Å². The fraction of sp³-hybridized carbons (Fsp3) is 0.412. The number of ether oxygens (including phenoxy) is 1. The van der Waals surface area contributed by atoms with Crippen molar-refractivity contribution >= 4 is 32.7 Å². The Balaban J connectivity index is 2.45. The molecule has 0 bridgehead atoms. The molecule has 1 heterocycles. The Kier molecular flexibility index (Phi) is 4.67. The summed E-state index contributed by atoms with van der Waals surface area (Å²) in [7, 11) is 0. The first-order valence-electron chi connectivity index (χ1n) is 7.07. The van der Waals surface area contributed by atoms with Crippen LogP contribution in [0, 0.1) is 0 Å². The lowest BCUT2D eigenvalue weighted by molar-refractivity contribution is -0.154. The topological polar surface area (TPSA) is 39.2 Å². The van der Waals surface area contributed by atoms with Gasteiger partial charge in [-0.3, -0.25) is 9.78 Å². The van der Waals surface area contributed by atoms with Crippen molar-refractivity contribution in [3.63, 3.8) is 0 Å². The second-order valence-corrected chi connectivity index (χ2v) is 6.87. The Bertz CT molecular complexity index is 661. The van der Waals surface area contributed by atoms with Gasteiger partial charge >= 0.3 is 5.97 Å². The van der Waals surface area contributed by atoms with E-state index in [1.54, 1.807) is 6.20 Å². The molecule has 1 atom stereocenters. The Morgan fingerprint density at radius 1 is 1.29 bits per heavy atom. The third-order valence-electron chi connectivity index (χ3n) is 3.14. The molecule has 3 nitrogen and oxygen atoms in total. The van der Waals surface area contributed by atoms with Gasteiger partial charge < -0.3 is 4.74 Å². The fourth-order valence-electron chi connectivity index (χ4n) is 2.28. The number of aromatic nitrogens is 1. The van der Waals surface area contributed by atoms with E-state index < -0.39 is 10.4 Å². The lowest BCUT2D eigenvalue weighted by Gasteiger charge is -2.22. The average molecular weight is 350 g/mol. The molecule has 0 N–H and O–H groups in total. The molecule has 0 radical (unpaired) electrons. The van der Waals surface area contributed by atoms with Crippen molar-refractivity contribution in [2.45, 2.75) is 44.5 Å². The molecule has 0 saturated carbocycles. The highest BCUT2D eigenvalue weighted by atomic mass is 79.9. The van der Waals surface area contributed by atoms with Crippen LogP contribution in [0.15, 0.2) is 30.5 Å². The van der Waals surface area contributed by atoms with Crippen LogP contribution in [-0.2, 0) is 16.0 Å². The van der Waals surface area contributed by atoms with Crippen LogP contribution in [0.5, 0.6) is 0 Å². The number of hydrogen-bond acceptors (Lipinski definition) is 3. The zero-order chi connectivity index (χ0) is 15.6. The number of carbonyl (C=O) groups is 1. The van der Waals surface area contributed by atoms with Gasteiger partial charge in [0.15, 0.2) is 0 Å². The molecule has 0 amide bonds. The highest BCUT2D eigenvalue weighted by Crippen LogP contribution is 2.32. The van der Waals surface area contributed by atoms with E-state index in [0.717, 1.165) is 28.5 Å². The number of esters is 1. The summed E-state index contributed by atoms with van der Waals surface area (Å²) >= 11 is 3.48. The number of benzene rings is 1. The zero-order valence-electron chi connectivity index (χ0n) is 12.8. The number of halogens is 1. The standard InChI is InChI=1S/C17H20BrNO2/c1-5-14-12-7-6-8-13(11(12)9-10-19-14)15(18)16(20)21-17(2,3)4/h6-10,15H,5H2,1-4H3. The van der Waals surface area contributed by atoms with Gasteiger partial charge in [0.25, 0.3) is 0 Å². The van der Waals surface area contributed by atoms with Crippen LogP contribution in [0.4, 0.5) is 0 Å². The van der Waals surface area contributed by atoms with Crippen LogP contribution in [0.3, 0.4) is 0 Å². The molecule has 2 aromatic rings. The predicted octanol–water partition coefficient (Wildman–Crippen LogP) is 4.57. The summed E-state index contributed by atoms with van der Waals surface area (Å²) in [6.07, 6.45) is 2.65. The Labute approximate surface area is 133 Å². The van der Waals surface area contributed by atoms with Crippen molar-refractivity contribution in [2.75, 3.05) is 0 Å². The van der Waals surface area contributed by atoms with Gasteiger partial charge in [-0.25, -0.2) is 0 Å². The van der Waals surface area contributed by atoms with Crippen LogP contribution in [0.2, 0.25) is 0 Å². The van der Waals surface area contributed by atoms with Gasteiger partial charge in [-0.15, -0.1) is 0 Å². The van der Waals surface area contributed by atoms with Gasteiger partial charge in [-0.05, 0) is 44.2 Å². The Hall–Kier alpha value is -1.42. The van der Waals surface area contributed by atoms with Crippen molar-refractivity contribution in [3.05, 3.63) is 41.7 Å². The third kappa shape index (κ3) is 3.62. The Morgan fingerprint density at radius 3 is 2.62 bits per heavy atom. The summed E-state index contributed by atoms with van der Waals surface area (Å²) in [6.45, 7) is 7.68. The molecule has 1 aromatic heterocycles. The summed E-state index contributed by atoms with van der Waals surface area (Å²) in [6, 6.07) is 7.89. The molecule has 4 heteroatoms. The van der Waals surface area contributed by atoms with E-state index in [4.69, 9.17) is 4.74 Å². The highest BCUT2D eigenvalue weighted by molar-refractivity contribution is 9.09. The number of aryl methyl sites for hydroxylation is 1. The van der Waals surface area contributed by atoms with Crippen LogP contribution in [0.1, 0.15) is 43.8 Å². The maximum absolute atomic E-state index is 12.3. The minimum atomic E-state index is -0.496. The van der Waals surface area contributed by atoms with Crippen molar-refractivity contribution in [2.24, 2.45) is 0 Å². The first-order valence-corrected chi connectivity index (χ1v) is 7.98. The molecule has 1 unspecified atom stereocenters. The number of nitrogens with zero attached hydrogens (tertiary/aromatic N) is 1. The number of carbonyl (C=O) groups excluding carboxylic acids is 1. The van der Waals surface area contributed by atoms with Gasteiger partial charge in [-0.1, -0.05) is 41.1 Å². The SMILES string of the molecule is CCc1nccc2c(C(Br)C(=O)OC(C)(C)C)cccc12. The first-order chi connectivity index (χ1) is 9.83. The fourth-order valence-corrected chi connectivity index (χ4v) is 2.77. The molecule has 2 rings (SSSR count). The molecule has 0 aliphatic rings. The van der Waals surface area contributed by atoms with E-state index >= 15 is 0 Å². The number of fused-ring (bicyclic) bond motifs is 1. The van der Waals surface area contributed by atoms with Gasteiger partial charge in [0.1, 0.15) is 10.4 Å². The second kappa shape index (κ2) is 6.14. The second-order valence-electron chi connectivity index (χ2n) is 5.95. The summed E-state index contributed by atoms with van der Waals surface area (Å²) in [5.41, 5.74) is 1.46. The minimum absolute atomic E-state index is 0.273. The molecule has 112 valence electrons. The average Bonchev–Trinajstić information content (AvgIpc) is 2.43. The normalized spacial score (nSPS) is 13.2. The van der Waals surface area contributed by atoms with Crippen molar-refractivity contribution < 1.29 is 9.53 Å². The molecule has 0 fully saturated rings. The number of rotatable bonds is 3. The van der Waals surface area contributed by atoms with E-state index in [1.807, 2.05) is 45.0 Å². The Morgan fingerprint density at radius 2 is 2.00 bits per heavy atom. The van der Waals surface area contributed by atoms with Gasteiger partial charge in [-0.2, -0.15) is 0 Å². The van der Waals surface area contributed by atoms with Crippen LogP contribution < -0.4 is 0 Å². The highest BCUT2D eigenvalue weighted by Gasteiger charge is 2.25. The lowest BCUT2D eigenvalue weighted by Crippen LogP contribution is -2.26. The van der Waals surface area contributed by atoms with E-state index in [-0.39, 0.29) is 5.97 Å². The quantitative estimate of drug-likeness (QED) is 0.601. The maximum atomic E-state index is 12.3. The van der Waals surface area contributed by atoms with Crippen molar-refractivity contribution in [1.29, 1.82) is 0 Å². The minimum Gasteiger partial charge on any atom is -0.459 e. The smallest absolute Gasteiger partial charge is 0.324 e. The predicted molar refractivity (Wildman–Crippen MR) is 88.6 cm³/mol. The van der Waals surface area contributed by atoms with E-state index in [0.29, 0.717) is 0 Å². The lowest BCUT2D eigenvalue weighted by atomic mass is 10.0.